The summed E-state index contributed by atoms with van der Waals surface area (Å²) in [5.41, 5.74) is 0.480. The van der Waals surface area contributed by atoms with Crippen LogP contribution in [0.5, 0.6) is 0 Å². The van der Waals surface area contributed by atoms with Gasteiger partial charge >= 0.3 is 5.97 Å². The quantitative estimate of drug-likeness (QED) is 0.666. The van der Waals surface area contributed by atoms with Crippen LogP contribution in [0.3, 0.4) is 0 Å². The highest BCUT2D eigenvalue weighted by Gasteiger charge is 2.17. The number of cyclic esters (lactones) is 1. The Morgan fingerprint density at radius 2 is 2.38 bits per heavy atom. The molecule has 1 aliphatic heterocycles. The molecule has 0 fully saturated rings. The first-order valence-corrected chi connectivity index (χ1v) is 4.19. The summed E-state index contributed by atoms with van der Waals surface area (Å²) in [6.07, 6.45) is 7.38. The zero-order valence-corrected chi connectivity index (χ0v) is 7.49. The average Bonchev–Trinajstić information content (AvgIpc) is 2.44. The second kappa shape index (κ2) is 4.62. The molecule has 0 atom stereocenters. The van der Waals surface area contributed by atoms with Crippen LogP contribution in [-0.4, -0.2) is 17.7 Å². The van der Waals surface area contributed by atoms with Crippen LogP contribution in [0.25, 0.3) is 0 Å². The molecule has 70 valence electrons. The Bertz CT molecular complexity index is 285. The summed E-state index contributed by atoms with van der Waals surface area (Å²) in [4.78, 5) is 11.1. The van der Waals surface area contributed by atoms with Gasteiger partial charge in [0.15, 0.2) is 0 Å². The lowest BCUT2D eigenvalue weighted by atomic mass is 10.2. The first-order chi connectivity index (χ1) is 6.27. The molecule has 0 saturated carbocycles. The lowest BCUT2D eigenvalue weighted by Gasteiger charge is -1.92. The predicted octanol–water partition coefficient (Wildman–Crippen LogP) is 1.31. The van der Waals surface area contributed by atoms with Crippen molar-refractivity contribution in [2.45, 2.75) is 13.3 Å². The number of carbonyl (C=O) groups is 1. The minimum absolute atomic E-state index is 0.0720. The normalized spacial score (nSPS) is 19.7. The fraction of sp³-hybridized carbons (Fsp3) is 0.300. The number of rotatable bonds is 3. The highest BCUT2D eigenvalue weighted by atomic mass is 16.5. The molecule has 0 spiro atoms. The Morgan fingerprint density at radius 1 is 1.62 bits per heavy atom. The first-order valence-electron chi connectivity index (χ1n) is 4.19. The van der Waals surface area contributed by atoms with E-state index in [9.17, 15) is 4.79 Å². The Hall–Kier alpha value is -1.35. The largest absolute Gasteiger partial charge is 0.423 e. The second-order valence-electron chi connectivity index (χ2n) is 2.59. The van der Waals surface area contributed by atoms with E-state index in [0.29, 0.717) is 11.3 Å². The number of aliphatic hydroxyl groups excluding tert-OH is 1. The molecule has 1 rings (SSSR count). The number of esters is 1. The fourth-order valence-electron chi connectivity index (χ4n) is 1.01. The summed E-state index contributed by atoms with van der Waals surface area (Å²) < 4.78 is 4.91. The molecule has 0 aromatic heterocycles. The van der Waals surface area contributed by atoms with Gasteiger partial charge in [0.25, 0.3) is 0 Å². The molecule has 1 aliphatic rings. The van der Waals surface area contributed by atoms with E-state index in [0.717, 1.165) is 6.42 Å². The van der Waals surface area contributed by atoms with E-state index in [2.05, 4.69) is 0 Å². The third kappa shape index (κ3) is 2.56. The van der Waals surface area contributed by atoms with Gasteiger partial charge in [-0.2, -0.15) is 0 Å². The highest BCUT2D eigenvalue weighted by molar-refractivity contribution is 5.95. The molecule has 1 N–H and O–H groups in total. The number of allylic oxidation sites excluding steroid dienone is 2. The summed E-state index contributed by atoms with van der Waals surface area (Å²) in [6, 6.07) is 0. The van der Waals surface area contributed by atoms with Gasteiger partial charge < -0.3 is 9.84 Å². The van der Waals surface area contributed by atoms with Crippen LogP contribution in [-0.2, 0) is 9.53 Å². The van der Waals surface area contributed by atoms with E-state index in [4.69, 9.17) is 9.84 Å². The van der Waals surface area contributed by atoms with E-state index >= 15 is 0 Å². The third-order valence-electron chi connectivity index (χ3n) is 1.55. The topological polar surface area (TPSA) is 46.5 Å². The summed E-state index contributed by atoms with van der Waals surface area (Å²) in [7, 11) is 0. The molecule has 0 aromatic carbocycles. The molecule has 0 aromatic rings. The van der Waals surface area contributed by atoms with Gasteiger partial charge in [0, 0.05) is 0 Å². The zero-order chi connectivity index (χ0) is 9.68. The van der Waals surface area contributed by atoms with Crippen molar-refractivity contribution in [1.82, 2.24) is 0 Å². The number of aliphatic hydroxyl groups is 1. The van der Waals surface area contributed by atoms with Crippen molar-refractivity contribution in [3.63, 3.8) is 0 Å². The number of carbonyl (C=O) groups excluding carboxylic acids is 1. The van der Waals surface area contributed by atoms with E-state index < -0.39 is 0 Å². The molecule has 0 bridgehead atoms. The van der Waals surface area contributed by atoms with Gasteiger partial charge in [0.2, 0.25) is 0 Å². The fourth-order valence-corrected chi connectivity index (χ4v) is 1.01. The Labute approximate surface area is 77.0 Å². The predicted molar refractivity (Wildman–Crippen MR) is 48.8 cm³/mol. The average molecular weight is 180 g/mol. The van der Waals surface area contributed by atoms with E-state index in [1.807, 2.05) is 13.0 Å². The van der Waals surface area contributed by atoms with Crippen molar-refractivity contribution in [2.24, 2.45) is 0 Å². The second-order valence-corrected chi connectivity index (χ2v) is 2.59. The van der Waals surface area contributed by atoms with Crippen molar-refractivity contribution in [3.8, 4) is 0 Å². The number of hydrogen-bond acceptors (Lipinski definition) is 3. The van der Waals surface area contributed by atoms with Crippen molar-refractivity contribution >= 4 is 5.97 Å². The Kier molecular flexibility index (Phi) is 3.46. The van der Waals surface area contributed by atoms with Crippen LogP contribution in [0.2, 0.25) is 0 Å². The monoisotopic (exact) mass is 180 g/mol. The van der Waals surface area contributed by atoms with Crippen molar-refractivity contribution in [2.75, 3.05) is 6.61 Å². The summed E-state index contributed by atoms with van der Waals surface area (Å²) in [6.45, 7) is 1.90. The molecule has 3 nitrogen and oxygen atoms in total. The molecule has 0 saturated heterocycles. The first kappa shape index (κ1) is 9.74. The summed E-state index contributed by atoms with van der Waals surface area (Å²) in [5, 5.41) is 8.50. The van der Waals surface area contributed by atoms with Gasteiger partial charge in [0.05, 0.1) is 12.2 Å². The third-order valence-corrected chi connectivity index (χ3v) is 1.55. The molecule has 13 heavy (non-hydrogen) atoms. The lowest BCUT2D eigenvalue weighted by Crippen LogP contribution is -1.96. The van der Waals surface area contributed by atoms with Gasteiger partial charge in [-0.1, -0.05) is 13.0 Å². The number of ether oxygens (including phenoxy) is 1. The van der Waals surface area contributed by atoms with Crippen LogP contribution in [0.15, 0.2) is 35.6 Å². The molecule has 1 heterocycles. The molecular weight excluding hydrogens is 168 g/mol. The maximum absolute atomic E-state index is 11.1. The minimum atomic E-state index is -0.357. The van der Waals surface area contributed by atoms with Crippen LogP contribution < -0.4 is 0 Å². The smallest absolute Gasteiger partial charge is 0.343 e. The molecule has 0 unspecified atom stereocenters. The minimum Gasteiger partial charge on any atom is -0.423 e. The molecular formula is C10H12O3. The van der Waals surface area contributed by atoms with Crippen LogP contribution >= 0.6 is 0 Å². The standard InChI is InChI=1S/C10H12O3/c1-2-4-9-7-8(5-3-6-11)10(12)13-9/h3-5,7,11H,2,6H2,1H3/b5-3+,9-4+. The molecule has 0 amide bonds. The van der Waals surface area contributed by atoms with Gasteiger partial charge in [-0.3, -0.25) is 0 Å². The van der Waals surface area contributed by atoms with Gasteiger partial charge in [-0.15, -0.1) is 0 Å². The van der Waals surface area contributed by atoms with Crippen molar-refractivity contribution in [1.29, 1.82) is 0 Å². The molecule has 3 heteroatoms. The van der Waals surface area contributed by atoms with Crippen LogP contribution in [0.1, 0.15) is 13.3 Å². The maximum atomic E-state index is 11.1. The van der Waals surface area contributed by atoms with Crippen LogP contribution in [0.4, 0.5) is 0 Å². The van der Waals surface area contributed by atoms with Crippen LogP contribution in [0, 0.1) is 0 Å². The van der Waals surface area contributed by atoms with Gasteiger partial charge in [0.1, 0.15) is 5.76 Å². The van der Waals surface area contributed by atoms with Gasteiger partial charge in [-0.25, -0.2) is 4.79 Å². The molecule has 0 aliphatic carbocycles. The van der Waals surface area contributed by atoms with E-state index in [1.54, 1.807) is 12.2 Å². The zero-order valence-electron chi connectivity index (χ0n) is 7.49. The summed E-state index contributed by atoms with van der Waals surface area (Å²) >= 11 is 0. The van der Waals surface area contributed by atoms with E-state index in [1.165, 1.54) is 6.08 Å². The number of hydrogen-bond donors (Lipinski definition) is 1. The van der Waals surface area contributed by atoms with Crippen molar-refractivity contribution in [3.05, 3.63) is 35.6 Å². The molecule has 0 radical (unpaired) electrons. The Morgan fingerprint density at radius 3 is 3.00 bits per heavy atom. The lowest BCUT2D eigenvalue weighted by molar-refractivity contribution is -0.132. The van der Waals surface area contributed by atoms with Crippen molar-refractivity contribution < 1.29 is 14.6 Å². The van der Waals surface area contributed by atoms with Gasteiger partial charge in [-0.05, 0) is 24.6 Å². The maximum Gasteiger partial charge on any atom is 0.343 e. The Balaban J connectivity index is 2.74. The SMILES string of the molecule is CC/C=C1C=C(/C=C/CO)C(=O)O\1. The summed E-state index contributed by atoms with van der Waals surface area (Å²) in [5.74, 6) is 0.231. The van der Waals surface area contributed by atoms with E-state index in [-0.39, 0.29) is 12.6 Å². The highest BCUT2D eigenvalue weighted by Crippen LogP contribution is 2.18.